The van der Waals surface area contributed by atoms with Gasteiger partial charge in [-0.15, -0.1) is 0 Å². The van der Waals surface area contributed by atoms with E-state index in [1.54, 1.807) is 0 Å². The van der Waals surface area contributed by atoms with Crippen LogP contribution in [-0.2, 0) is 0 Å². The molecule has 2 aromatic rings. The van der Waals surface area contributed by atoms with Crippen molar-refractivity contribution in [1.82, 2.24) is 20.2 Å². The maximum Gasteiger partial charge on any atom is 0.188 e. The topological polar surface area (TPSA) is 106 Å². The summed E-state index contributed by atoms with van der Waals surface area (Å²) in [6.07, 6.45) is 2.29. The molecule has 1 aliphatic carbocycles. The van der Waals surface area contributed by atoms with Crippen LogP contribution in [0.1, 0.15) is 24.6 Å². The van der Waals surface area contributed by atoms with Crippen LogP contribution >= 0.6 is 0 Å². The fourth-order valence-electron chi connectivity index (χ4n) is 1.52. The van der Waals surface area contributed by atoms with Crippen LogP contribution in [-0.4, -0.2) is 20.2 Å². The molecule has 2 heterocycles. The van der Waals surface area contributed by atoms with E-state index in [0.29, 0.717) is 28.6 Å². The van der Waals surface area contributed by atoms with E-state index in [0.717, 1.165) is 18.7 Å². The minimum Gasteiger partial charge on any atom is -0.383 e. The van der Waals surface area contributed by atoms with Gasteiger partial charge < -0.3 is 11.5 Å². The number of H-pyrrole nitrogens is 1. The van der Waals surface area contributed by atoms with Gasteiger partial charge in [0.05, 0.1) is 0 Å². The van der Waals surface area contributed by atoms with Crippen molar-refractivity contribution in [1.29, 1.82) is 0 Å². The molecule has 0 saturated heterocycles. The number of aromatic amines is 1. The van der Waals surface area contributed by atoms with Crippen molar-refractivity contribution in [2.75, 3.05) is 11.5 Å². The summed E-state index contributed by atoms with van der Waals surface area (Å²) in [5, 5.41) is 7.25. The summed E-state index contributed by atoms with van der Waals surface area (Å²) in [6, 6.07) is 0. The van der Waals surface area contributed by atoms with Crippen LogP contribution in [0.3, 0.4) is 0 Å². The van der Waals surface area contributed by atoms with Gasteiger partial charge in [0.2, 0.25) is 0 Å². The quantitative estimate of drug-likeness (QED) is 0.603. The van der Waals surface area contributed by atoms with Gasteiger partial charge in [-0.3, -0.25) is 5.10 Å². The van der Waals surface area contributed by atoms with Gasteiger partial charge in [-0.2, -0.15) is 5.10 Å². The molecule has 2 aromatic heterocycles. The minimum absolute atomic E-state index is 0.420. The summed E-state index contributed by atoms with van der Waals surface area (Å²) in [4.78, 5) is 8.53. The summed E-state index contributed by atoms with van der Waals surface area (Å²) < 4.78 is 0. The third-order valence-electron chi connectivity index (χ3n) is 2.43. The van der Waals surface area contributed by atoms with E-state index in [-0.39, 0.29) is 0 Å². The van der Waals surface area contributed by atoms with E-state index in [1.165, 1.54) is 0 Å². The van der Waals surface area contributed by atoms with Gasteiger partial charge >= 0.3 is 0 Å². The number of nitrogens with zero attached hydrogens (tertiary/aromatic N) is 3. The molecule has 0 spiro atoms. The highest BCUT2D eigenvalue weighted by Crippen LogP contribution is 2.39. The van der Waals surface area contributed by atoms with Crippen molar-refractivity contribution in [2.24, 2.45) is 0 Å². The van der Waals surface area contributed by atoms with Gasteiger partial charge in [0.1, 0.15) is 22.8 Å². The van der Waals surface area contributed by atoms with E-state index in [1.807, 2.05) is 0 Å². The van der Waals surface area contributed by atoms with Crippen molar-refractivity contribution >= 4 is 22.7 Å². The lowest BCUT2D eigenvalue weighted by Gasteiger charge is -1.99. The molecule has 6 heteroatoms. The molecular weight excluding hydrogens is 180 g/mol. The van der Waals surface area contributed by atoms with Gasteiger partial charge in [0.15, 0.2) is 5.65 Å². The van der Waals surface area contributed by atoms with Crippen LogP contribution in [0, 0.1) is 0 Å². The Morgan fingerprint density at radius 2 is 2.00 bits per heavy atom. The Labute approximate surface area is 79.7 Å². The Hall–Kier alpha value is -1.85. The molecule has 0 unspecified atom stereocenters. The molecule has 1 aliphatic rings. The number of nitrogens with two attached hydrogens (primary N) is 2. The van der Waals surface area contributed by atoms with Crippen LogP contribution in [0.2, 0.25) is 0 Å². The highest BCUT2D eigenvalue weighted by atomic mass is 15.2. The number of aromatic nitrogens is 4. The second kappa shape index (κ2) is 2.34. The van der Waals surface area contributed by atoms with Crippen LogP contribution in [0.4, 0.5) is 11.6 Å². The zero-order valence-corrected chi connectivity index (χ0v) is 7.49. The Morgan fingerprint density at radius 1 is 1.21 bits per heavy atom. The highest BCUT2D eigenvalue weighted by Gasteiger charge is 2.28. The number of hydrogen-bond acceptors (Lipinski definition) is 5. The number of hydrogen-bond donors (Lipinski definition) is 3. The van der Waals surface area contributed by atoms with E-state index in [4.69, 9.17) is 11.5 Å². The molecule has 0 amide bonds. The molecule has 3 rings (SSSR count). The number of anilines is 2. The summed E-state index contributed by atoms with van der Waals surface area (Å²) >= 11 is 0. The number of nitrogens with one attached hydrogen (secondary N) is 1. The number of fused-ring (bicyclic) bond motifs is 1. The van der Waals surface area contributed by atoms with Gasteiger partial charge in [-0.1, -0.05) is 0 Å². The second-order valence-electron chi connectivity index (χ2n) is 3.58. The first-order chi connectivity index (χ1) is 6.75. The summed E-state index contributed by atoms with van der Waals surface area (Å²) in [7, 11) is 0. The van der Waals surface area contributed by atoms with Crippen molar-refractivity contribution in [3.8, 4) is 0 Å². The standard InChI is InChI=1S/C8H10N6/c9-5-4-6(10)13-14-8(4)12-7(11-5)3-1-2-3/h3H,1-2H2,(H5,9,10,11,12,13,14). The van der Waals surface area contributed by atoms with Crippen molar-refractivity contribution in [3.05, 3.63) is 5.82 Å². The molecule has 0 aliphatic heterocycles. The summed E-state index contributed by atoms with van der Waals surface area (Å²) in [6.45, 7) is 0. The molecule has 1 saturated carbocycles. The van der Waals surface area contributed by atoms with Crippen molar-refractivity contribution in [3.63, 3.8) is 0 Å². The largest absolute Gasteiger partial charge is 0.383 e. The maximum atomic E-state index is 5.78. The zero-order chi connectivity index (χ0) is 9.71. The van der Waals surface area contributed by atoms with Crippen LogP contribution in [0.15, 0.2) is 0 Å². The Bertz CT molecular complexity index is 498. The van der Waals surface area contributed by atoms with E-state index >= 15 is 0 Å². The zero-order valence-electron chi connectivity index (χ0n) is 7.49. The maximum absolute atomic E-state index is 5.78. The lowest BCUT2D eigenvalue weighted by molar-refractivity contribution is 0.942. The molecule has 72 valence electrons. The molecule has 0 bridgehead atoms. The first-order valence-corrected chi connectivity index (χ1v) is 4.52. The fourth-order valence-corrected chi connectivity index (χ4v) is 1.52. The first-order valence-electron chi connectivity index (χ1n) is 4.52. The van der Waals surface area contributed by atoms with Gasteiger partial charge in [-0.25, -0.2) is 9.97 Å². The third-order valence-corrected chi connectivity index (χ3v) is 2.43. The molecule has 0 radical (unpaired) electrons. The van der Waals surface area contributed by atoms with Crippen molar-refractivity contribution < 1.29 is 0 Å². The third kappa shape index (κ3) is 0.935. The van der Waals surface area contributed by atoms with Crippen LogP contribution < -0.4 is 11.5 Å². The lowest BCUT2D eigenvalue weighted by Crippen LogP contribution is -2.00. The number of rotatable bonds is 1. The molecule has 0 aromatic carbocycles. The number of nitrogen functional groups attached to an aromatic ring is 2. The predicted molar refractivity (Wildman–Crippen MR) is 52.5 cm³/mol. The van der Waals surface area contributed by atoms with E-state index in [9.17, 15) is 0 Å². The smallest absolute Gasteiger partial charge is 0.188 e. The normalized spacial score (nSPS) is 16.3. The Morgan fingerprint density at radius 3 is 2.71 bits per heavy atom. The van der Waals surface area contributed by atoms with Gasteiger partial charge in [0.25, 0.3) is 0 Å². The fraction of sp³-hybridized carbons (Fsp3) is 0.375. The Kier molecular flexibility index (Phi) is 1.26. The minimum atomic E-state index is 0.420. The average molecular weight is 190 g/mol. The SMILES string of the molecule is Nc1nc(C2CC2)nc2n[nH]c(N)c12. The van der Waals surface area contributed by atoms with Gasteiger partial charge in [0, 0.05) is 5.92 Å². The highest BCUT2D eigenvalue weighted by molar-refractivity contribution is 5.94. The molecule has 14 heavy (non-hydrogen) atoms. The molecule has 1 fully saturated rings. The molecule has 0 atom stereocenters. The average Bonchev–Trinajstić information content (AvgIpc) is 2.92. The van der Waals surface area contributed by atoms with E-state index in [2.05, 4.69) is 20.2 Å². The molecule has 5 N–H and O–H groups in total. The molecule has 6 nitrogen and oxygen atoms in total. The van der Waals surface area contributed by atoms with Crippen molar-refractivity contribution in [2.45, 2.75) is 18.8 Å². The lowest BCUT2D eigenvalue weighted by atomic mass is 10.3. The van der Waals surface area contributed by atoms with Crippen LogP contribution in [0.5, 0.6) is 0 Å². The van der Waals surface area contributed by atoms with E-state index < -0.39 is 0 Å². The summed E-state index contributed by atoms with van der Waals surface area (Å²) in [5.74, 6) is 2.11. The Balaban J connectivity index is 2.29. The van der Waals surface area contributed by atoms with Gasteiger partial charge in [-0.05, 0) is 12.8 Å². The molecular formula is C8H10N6. The second-order valence-corrected chi connectivity index (χ2v) is 3.58. The monoisotopic (exact) mass is 190 g/mol. The predicted octanol–water partition coefficient (Wildman–Crippen LogP) is 0.395. The first kappa shape index (κ1) is 7.54. The van der Waals surface area contributed by atoms with Crippen LogP contribution in [0.25, 0.3) is 11.0 Å². The summed E-state index contributed by atoms with van der Waals surface area (Å²) in [5.41, 5.74) is 12.0.